The number of nitrogens with zero attached hydrogens (tertiary/aromatic N) is 2. The van der Waals surface area contributed by atoms with E-state index in [1.54, 1.807) is 13.8 Å². The number of thioether (sulfide) groups is 1. The number of hydrogen-bond donors (Lipinski definition) is 1. The van der Waals surface area contributed by atoms with Crippen molar-refractivity contribution in [2.45, 2.75) is 39.5 Å². The van der Waals surface area contributed by atoms with Gasteiger partial charge >= 0.3 is 0 Å². The van der Waals surface area contributed by atoms with Crippen LogP contribution in [0.2, 0.25) is 0 Å². The number of carbonyl (C=O) groups is 3. The van der Waals surface area contributed by atoms with Gasteiger partial charge in [0.1, 0.15) is 17.6 Å². The van der Waals surface area contributed by atoms with Crippen molar-refractivity contribution in [2.24, 2.45) is 0 Å². The van der Waals surface area contributed by atoms with E-state index in [-0.39, 0.29) is 6.54 Å². The van der Waals surface area contributed by atoms with Crippen molar-refractivity contribution >= 4 is 45.2 Å². The van der Waals surface area contributed by atoms with E-state index >= 15 is 0 Å². The minimum atomic E-state index is -0.465. The molecule has 0 saturated carbocycles. The Morgan fingerprint density at radius 1 is 1.28 bits per heavy atom. The van der Waals surface area contributed by atoms with Crippen molar-refractivity contribution < 1.29 is 14.4 Å². The fourth-order valence-electron chi connectivity index (χ4n) is 2.93. The minimum Gasteiger partial charge on any atom is -0.315 e. The molecule has 3 amide bonds. The molecule has 1 saturated heterocycles. The van der Waals surface area contributed by atoms with Crippen LogP contribution in [0.5, 0.6) is 0 Å². The highest BCUT2D eigenvalue weighted by Gasteiger charge is 2.37. The van der Waals surface area contributed by atoms with Crippen LogP contribution in [0.1, 0.15) is 42.7 Å². The van der Waals surface area contributed by atoms with Crippen LogP contribution in [0.25, 0.3) is 0 Å². The number of nitrogens with one attached hydrogen (secondary N) is 1. The number of fused-ring (bicyclic) bond motifs is 1. The van der Waals surface area contributed by atoms with Gasteiger partial charge < -0.3 is 5.32 Å². The molecule has 130 valence electrons. The zero-order valence-electron chi connectivity index (χ0n) is 14.0. The summed E-state index contributed by atoms with van der Waals surface area (Å²) in [5.74, 6) is -0.900. The molecule has 1 fully saturated rings. The van der Waals surface area contributed by atoms with E-state index in [1.807, 2.05) is 0 Å². The highest BCUT2D eigenvalue weighted by atomic mass is 32.2. The number of hydrogen-bond acceptors (Lipinski definition) is 6. The van der Waals surface area contributed by atoms with Crippen LogP contribution >= 0.6 is 23.1 Å². The highest BCUT2D eigenvalue weighted by molar-refractivity contribution is 8.18. The van der Waals surface area contributed by atoms with Gasteiger partial charge in [0.2, 0.25) is 5.91 Å². The number of thiophene rings is 1. The molecule has 6 nitrogen and oxygen atoms in total. The third-order valence-corrected chi connectivity index (χ3v) is 6.53. The maximum atomic E-state index is 12.3. The number of rotatable bonds is 3. The second-order valence-electron chi connectivity index (χ2n) is 6.16. The van der Waals surface area contributed by atoms with E-state index in [1.165, 1.54) is 11.3 Å². The normalized spacial score (nSPS) is 16.7. The lowest BCUT2D eigenvalue weighted by Crippen LogP contribution is -2.36. The highest BCUT2D eigenvalue weighted by Crippen LogP contribution is 2.38. The summed E-state index contributed by atoms with van der Waals surface area (Å²) in [6.07, 6.45) is 3.92. The number of nitriles is 1. The largest absolute Gasteiger partial charge is 0.315 e. The van der Waals surface area contributed by atoms with Crippen LogP contribution in [0.4, 0.5) is 9.80 Å². The van der Waals surface area contributed by atoms with Gasteiger partial charge in [-0.2, -0.15) is 5.26 Å². The molecule has 1 aromatic heterocycles. The summed E-state index contributed by atoms with van der Waals surface area (Å²) in [6.45, 7) is 3.17. The average Bonchev–Trinajstić information content (AvgIpc) is 3.06. The standard InChI is InChI=1S/C17H17N3O3S2/c1-9(2)14-16(22)20(17(23)25-14)8-13(21)19-15-11(7-18)10-5-3-4-6-12(10)24-15/h3-6,8H2,1-2H3,(H,19,21). The monoisotopic (exact) mass is 375 g/mol. The summed E-state index contributed by atoms with van der Waals surface area (Å²) < 4.78 is 0. The van der Waals surface area contributed by atoms with E-state index in [0.29, 0.717) is 15.5 Å². The van der Waals surface area contributed by atoms with Gasteiger partial charge in [-0.3, -0.25) is 19.3 Å². The van der Waals surface area contributed by atoms with Gasteiger partial charge in [0.15, 0.2) is 0 Å². The molecule has 2 aliphatic rings. The summed E-state index contributed by atoms with van der Waals surface area (Å²) >= 11 is 2.28. The predicted octanol–water partition coefficient (Wildman–Crippen LogP) is 3.43. The molecule has 0 atom stereocenters. The molecule has 25 heavy (non-hydrogen) atoms. The Bertz CT molecular complexity index is 844. The summed E-state index contributed by atoms with van der Waals surface area (Å²) in [7, 11) is 0. The van der Waals surface area contributed by atoms with Crippen molar-refractivity contribution in [1.82, 2.24) is 4.90 Å². The third-order valence-electron chi connectivity index (χ3n) is 4.14. The maximum Gasteiger partial charge on any atom is 0.294 e. The molecule has 0 unspecified atom stereocenters. The zero-order valence-corrected chi connectivity index (χ0v) is 15.6. The van der Waals surface area contributed by atoms with Gasteiger partial charge in [-0.1, -0.05) is 5.57 Å². The van der Waals surface area contributed by atoms with Crippen LogP contribution < -0.4 is 5.32 Å². The molecule has 1 aromatic rings. The average molecular weight is 375 g/mol. The first kappa shape index (κ1) is 17.7. The Morgan fingerprint density at radius 3 is 2.64 bits per heavy atom. The first-order chi connectivity index (χ1) is 11.9. The number of carbonyl (C=O) groups excluding carboxylic acids is 3. The number of allylic oxidation sites excluding steroid dienone is 1. The summed E-state index contributed by atoms with van der Waals surface area (Å²) in [5, 5.41) is 12.2. The Kier molecular flexibility index (Phi) is 4.97. The number of amides is 3. The number of anilines is 1. The van der Waals surface area contributed by atoms with E-state index in [4.69, 9.17) is 0 Å². The van der Waals surface area contributed by atoms with Gasteiger partial charge in [-0.25, -0.2) is 0 Å². The fourth-order valence-corrected chi connectivity index (χ4v) is 5.02. The van der Waals surface area contributed by atoms with Crippen molar-refractivity contribution in [1.29, 1.82) is 5.26 Å². The molecular formula is C17H17N3O3S2. The molecule has 1 N–H and O–H groups in total. The van der Waals surface area contributed by atoms with E-state index in [2.05, 4.69) is 11.4 Å². The lowest BCUT2D eigenvalue weighted by molar-refractivity contribution is -0.127. The fraction of sp³-hybridized carbons (Fsp3) is 0.412. The lowest BCUT2D eigenvalue weighted by atomic mass is 9.96. The second-order valence-corrected chi connectivity index (χ2v) is 8.23. The van der Waals surface area contributed by atoms with E-state index in [9.17, 15) is 19.6 Å². The van der Waals surface area contributed by atoms with Gasteiger partial charge in [-0.15, -0.1) is 11.3 Å². The SMILES string of the molecule is CC(C)=C1SC(=O)N(CC(=O)Nc2sc3c(c2C#N)CCCC3)C1=O. The van der Waals surface area contributed by atoms with Crippen LogP contribution in [0, 0.1) is 11.3 Å². The van der Waals surface area contributed by atoms with Crippen molar-refractivity contribution in [3.8, 4) is 6.07 Å². The van der Waals surface area contributed by atoms with Gasteiger partial charge in [0.05, 0.1) is 10.5 Å². The minimum absolute atomic E-state index is 0.338. The molecule has 1 aliphatic heterocycles. The van der Waals surface area contributed by atoms with Crippen molar-refractivity contribution in [2.75, 3.05) is 11.9 Å². The Labute approximate surface area is 153 Å². The lowest BCUT2D eigenvalue weighted by Gasteiger charge is -2.12. The van der Waals surface area contributed by atoms with Crippen LogP contribution in [-0.4, -0.2) is 28.5 Å². The maximum absolute atomic E-state index is 12.3. The predicted molar refractivity (Wildman–Crippen MR) is 97.4 cm³/mol. The van der Waals surface area contributed by atoms with E-state index in [0.717, 1.165) is 58.4 Å². The Hall–Kier alpha value is -2.11. The third kappa shape index (κ3) is 3.34. The molecule has 3 rings (SSSR count). The van der Waals surface area contributed by atoms with Crippen LogP contribution in [0.3, 0.4) is 0 Å². The van der Waals surface area contributed by atoms with Gasteiger partial charge in [0, 0.05) is 4.88 Å². The first-order valence-electron chi connectivity index (χ1n) is 7.98. The van der Waals surface area contributed by atoms with E-state index < -0.39 is 17.1 Å². The molecule has 2 heterocycles. The number of imide groups is 1. The summed E-state index contributed by atoms with van der Waals surface area (Å²) in [4.78, 5) is 39.0. The van der Waals surface area contributed by atoms with Crippen LogP contribution in [-0.2, 0) is 22.4 Å². The van der Waals surface area contributed by atoms with Gasteiger partial charge in [0.25, 0.3) is 11.1 Å². The summed E-state index contributed by atoms with van der Waals surface area (Å²) in [6, 6.07) is 2.18. The zero-order chi connectivity index (χ0) is 18.1. The Morgan fingerprint density at radius 2 is 2.00 bits per heavy atom. The smallest absolute Gasteiger partial charge is 0.294 e. The van der Waals surface area contributed by atoms with Crippen molar-refractivity contribution in [3.63, 3.8) is 0 Å². The molecule has 0 bridgehead atoms. The molecule has 8 heteroatoms. The summed E-state index contributed by atoms with van der Waals surface area (Å²) in [5.41, 5.74) is 2.31. The Balaban J connectivity index is 1.75. The quantitative estimate of drug-likeness (QED) is 0.818. The van der Waals surface area contributed by atoms with Crippen molar-refractivity contribution in [3.05, 3.63) is 26.5 Å². The molecule has 0 aromatic carbocycles. The number of aryl methyl sites for hydroxylation is 1. The molecule has 0 spiro atoms. The van der Waals surface area contributed by atoms with Gasteiger partial charge in [-0.05, 0) is 56.9 Å². The van der Waals surface area contributed by atoms with Crippen LogP contribution in [0.15, 0.2) is 10.5 Å². The topological polar surface area (TPSA) is 90.3 Å². The molecule has 1 aliphatic carbocycles. The molecular weight excluding hydrogens is 358 g/mol. The first-order valence-corrected chi connectivity index (χ1v) is 9.61. The molecule has 0 radical (unpaired) electrons. The second kappa shape index (κ2) is 7.02.